The van der Waals surface area contributed by atoms with Crippen LogP contribution in [0, 0.1) is 5.82 Å². The number of thiophene rings is 1. The number of benzene rings is 1. The van der Waals surface area contributed by atoms with E-state index in [-0.39, 0.29) is 5.75 Å². The summed E-state index contributed by atoms with van der Waals surface area (Å²) < 4.78 is 13.5. The minimum atomic E-state index is -0.607. The van der Waals surface area contributed by atoms with Crippen molar-refractivity contribution < 1.29 is 9.50 Å². The molecule has 0 aliphatic rings. The Bertz CT molecular complexity index is 399. The molecule has 0 aliphatic heterocycles. The molecule has 1 heterocycles. The third-order valence-electron chi connectivity index (χ3n) is 1.60. The highest BCUT2D eigenvalue weighted by atomic mass is 32.1. The van der Waals surface area contributed by atoms with Crippen LogP contribution in [0.5, 0.6) is 5.75 Å². The van der Waals surface area contributed by atoms with Gasteiger partial charge in [-0.2, -0.15) is 0 Å². The number of aromatic hydroxyl groups is 1. The SMILES string of the molecule is Nc1cc2cc(O)c(F)cc2s1. The molecule has 0 amide bonds. The summed E-state index contributed by atoms with van der Waals surface area (Å²) in [7, 11) is 0. The number of halogens is 1. The predicted molar refractivity (Wildman–Crippen MR) is 47.9 cm³/mol. The number of anilines is 1. The first-order chi connectivity index (χ1) is 5.66. The zero-order valence-electron chi connectivity index (χ0n) is 6.04. The predicted octanol–water partition coefficient (Wildman–Crippen LogP) is 2.33. The lowest BCUT2D eigenvalue weighted by Gasteiger charge is -1.93. The average molecular weight is 183 g/mol. The zero-order chi connectivity index (χ0) is 8.72. The lowest BCUT2D eigenvalue weighted by Crippen LogP contribution is -1.73. The lowest BCUT2D eigenvalue weighted by molar-refractivity contribution is 0.434. The van der Waals surface area contributed by atoms with E-state index < -0.39 is 5.82 Å². The Hall–Kier alpha value is -1.29. The molecule has 4 heteroatoms. The second kappa shape index (κ2) is 2.35. The maximum atomic E-state index is 12.8. The van der Waals surface area contributed by atoms with Gasteiger partial charge >= 0.3 is 0 Å². The summed E-state index contributed by atoms with van der Waals surface area (Å²) in [4.78, 5) is 0. The molecule has 2 aromatic rings. The standard InChI is InChI=1S/C8H6FNOS/c9-5-3-7-4(1-6(5)11)2-8(10)12-7/h1-3,11H,10H2. The fourth-order valence-corrected chi connectivity index (χ4v) is 1.91. The molecular formula is C8H6FNOS. The van der Waals surface area contributed by atoms with E-state index in [4.69, 9.17) is 10.8 Å². The zero-order valence-corrected chi connectivity index (χ0v) is 6.86. The second-order valence-corrected chi connectivity index (χ2v) is 3.61. The molecule has 1 aromatic carbocycles. The van der Waals surface area contributed by atoms with Crippen LogP contribution >= 0.6 is 11.3 Å². The summed E-state index contributed by atoms with van der Waals surface area (Å²) >= 11 is 1.30. The Morgan fingerprint density at radius 1 is 1.33 bits per heavy atom. The molecule has 0 atom stereocenters. The van der Waals surface area contributed by atoms with E-state index in [0.29, 0.717) is 5.00 Å². The van der Waals surface area contributed by atoms with Gasteiger partial charge in [0.15, 0.2) is 11.6 Å². The number of fused-ring (bicyclic) bond motifs is 1. The van der Waals surface area contributed by atoms with Gasteiger partial charge in [0.1, 0.15) is 0 Å². The normalized spacial score (nSPS) is 10.8. The molecular weight excluding hydrogens is 177 g/mol. The van der Waals surface area contributed by atoms with Gasteiger partial charge in [-0.25, -0.2) is 4.39 Å². The van der Waals surface area contributed by atoms with Crippen molar-refractivity contribution in [1.29, 1.82) is 0 Å². The Morgan fingerprint density at radius 3 is 2.83 bits per heavy atom. The van der Waals surface area contributed by atoms with Crippen LogP contribution in [0.3, 0.4) is 0 Å². The molecule has 0 fully saturated rings. The molecule has 3 N–H and O–H groups in total. The fourth-order valence-electron chi connectivity index (χ4n) is 1.07. The summed E-state index contributed by atoms with van der Waals surface area (Å²) in [5.41, 5.74) is 5.51. The summed E-state index contributed by atoms with van der Waals surface area (Å²) in [6.07, 6.45) is 0. The van der Waals surface area contributed by atoms with Crippen molar-refractivity contribution in [3.8, 4) is 5.75 Å². The molecule has 12 heavy (non-hydrogen) atoms. The average Bonchev–Trinajstić information content (AvgIpc) is 2.30. The first-order valence-corrected chi connectivity index (χ1v) is 4.16. The topological polar surface area (TPSA) is 46.2 Å². The number of nitrogen functional groups attached to an aromatic ring is 1. The highest BCUT2D eigenvalue weighted by molar-refractivity contribution is 7.22. The number of hydrogen-bond donors (Lipinski definition) is 2. The Morgan fingerprint density at radius 2 is 2.08 bits per heavy atom. The number of phenols is 1. The van der Waals surface area contributed by atoms with Crippen molar-refractivity contribution in [3.63, 3.8) is 0 Å². The number of nitrogens with two attached hydrogens (primary N) is 1. The fraction of sp³-hybridized carbons (Fsp3) is 0. The van der Waals surface area contributed by atoms with Crippen LogP contribution in [0.1, 0.15) is 0 Å². The third-order valence-corrected chi connectivity index (χ3v) is 2.53. The van der Waals surface area contributed by atoms with Crippen molar-refractivity contribution in [3.05, 3.63) is 24.0 Å². The molecule has 0 bridgehead atoms. The van der Waals surface area contributed by atoms with Crippen LogP contribution in [0.4, 0.5) is 9.39 Å². The van der Waals surface area contributed by atoms with Gasteiger partial charge in [-0.3, -0.25) is 0 Å². The maximum absolute atomic E-state index is 12.8. The summed E-state index contributed by atoms with van der Waals surface area (Å²) in [5.74, 6) is -0.940. The van der Waals surface area contributed by atoms with Gasteiger partial charge in [-0.05, 0) is 23.6 Å². The van der Waals surface area contributed by atoms with E-state index in [1.165, 1.54) is 23.5 Å². The highest BCUT2D eigenvalue weighted by Gasteiger charge is 2.04. The molecule has 0 spiro atoms. The van der Waals surface area contributed by atoms with Crippen molar-refractivity contribution in [1.82, 2.24) is 0 Å². The molecule has 1 aromatic heterocycles. The van der Waals surface area contributed by atoms with Gasteiger partial charge in [0.25, 0.3) is 0 Å². The van der Waals surface area contributed by atoms with Gasteiger partial charge < -0.3 is 10.8 Å². The lowest BCUT2D eigenvalue weighted by atomic mass is 10.2. The maximum Gasteiger partial charge on any atom is 0.166 e. The second-order valence-electron chi connectivity index (χ2n) is 2.49. The first-order valence-electron chi connectivity index (χ1n) is 3.34. The van der Waals surface area contributed by atoms with Gasteiger partial charge in [0.05, 0.1) is 5.00 Å². The first kappa shape index (κ1) is 7.36. The summed E-state index contributed by atoms with van der Waals surface area (Å²) in [6, 6.07) is 4.36. The largest absolute Gasteiger partial charge is 0.505 e. The smallest absolute Gasteiger partial charge is 0.166 e. The quantitative estimate of drug-likeness (QED) is 0.658. The molecule has 2 nitrogen and oxygen atoms in total. The molecule has 0 unspecified atom stereocenters. The summed E-state index contributed by atoms with van der Waals surface area (Å²) in [6.45, 7) is 0. The van der Waals surface area contributed by atoms with Crippen molar-refractivity contribution in [2.24, 2.45) is 0 Å². The monoisotopic (exact) mass is 183 g/mol. The molecule has 0 aliphatic carbocycles. The van der Waals surface area contributed by atoms with Crippen LogP contribution in [0.25, 0.3) is 10.1 Å². The van der Waals surface area contributed by atoms with Crippen LogP contribution in [0.15, 0.2) is 18.2 Å². The van der Waals surface area contributed by atoms with Crippen LogP contribution in [-0.4, -0.2) is 5.11 Å². The number of rotatable bonds is 0. The van der Waals surface area contributed by atoms with E-state index >= 15 is 0 Å². The molecule has 0 radical (unpaired) electrons. The molecule has 0 saturated heterocycles. The van der Waals surface area contributed by atoms with Gasteiger partial charge in [-0.15, -0.1) is 11.3 Å². The van der Waals surface area contributed by atoms with Gasteiger partial charge in [0.2, 0.25) is 0 Å². The van der Waals surface area contributed by atoms with Gasteiger partial charge in [0, 0.05) is 4.70 Å². The Labute approximate surface area is 72.1 Å². The Balaban J connectivity index is 2.83. The Kier molecular flexibility index (Phi) is 1.44. The van der Waals surface area contributed by atoms with Gasteiger partial charge in [-0.1, -0.05) is 0 Å². The van der Waals surface area contributed by atoms with E-state index in [1.807, 2.05) is 0 Å². The van der Waals surface area contributed by atoms with E-state index in [1.54, 1.807) is 6.07 Å². The van der Waals surface area contributed by atoms with Crippen molar-refractivity contribution >= 4 is 26.4 Å². The third kappa shape index (κ3) is 1.00. The molecule has 2 rings (SSSR count). The van der Waals surface area contributed by atoms with Crippen molar-refractivity contribution in [2.75, 3.05) is 5.73 Å². The number of phenolic OH excluding ortho intramolecular Hbond substituents is 1. The highest BCUT2D eigenvalue weighted by Crippen LogP contribution is 2.31. The van der Waals surface area contributed by atoms with Crippen molar-refractivity contribution in [2.45, 2.75) is 0 Å². The van der Waals surface area contributed by atoms with E-state index in [9.17, 15) is 4.39 Å². The van der Waals surface area contributed by atoms with Crippen LogP contribution in [0.2, 0.25) is 0 Å². The minimum absolute atomic E-state index is 0.333. The van der Waals surface area contributed by atoms with Crippen LogP contribution < -0.4 is 5.73 Å². The van der Waals surface area contributed by atoms with E-state index in [0.717, 1.165) is 10.1 Å². The van der Waals surface area contributed by atoms with Crippen LogP contribution in [-0.2, 0) is 0 Å². The minimum Gasteiger partial charge on any atom is -0.505 e. The molecule has 62 valence electrons. The number of hydrogen-bond acceptors (Lipinski definition) is 3. The van der Waals surface area contributed by atoms with E-state index in [2.05, 4.69) is 0 Å². The summed E-state index contributed by atoms with van der Waals surface area (Å²) in [5, 5.41) is 10.4. The molecule has 0 saturated carbocycles.